The van der Waals surface area contributed by atoms with E-state index in [1.54, 1.807) is 24.3 Å². The summed E-state index contributed by atoms with van der Waals surface area (Å²) >= 11 is 0. The van der Waals surface area contributed by atoms with E-state index >= 15 is 0 Å². The van der Waals surface area contributed by atoms with Gasteiger partial charge in [0, 0.05) is 5.92 Å². The summed E-state index contributed by atoms with van der Waals surface area (Å²) < 4.78 is 19.9. The quantitative estimate of drug-likeness (QED) is 0.869. The van der Waals surface area contributed by atoms with E-state index < -0.39 is 5.82 Å². The molecule has 2 N–H and O–H groups in total. The number of benzene rings is 2. The van der Waals surface area contributed by atoms with Crippen LogP contribution in [0.2, 0.25) is 0 Å². The Labute approximate surface area is 147 Å². The first kappa shape index (κ1) is 17.4. The Bertz CT molecular complexity index is 715. The number of nitrogens with one attached hydrogen (secondary N) is 2. The summed E-state index contributed by atoms with van der Waals surface area (Å²) in [5.41, 5.74) is 0.722. The van der Waals surface area contributed by atoms with Gasteiger partial charge in [-0.1, -0.05) is 24.3 Å². The van der Waals surface area contributed by atoms with Crippen LogP contribution in [0, 0.1) is 11.7 Å². The number of hydrogen-bond donors (Lipinski definition) is 2. The number of para-hydroxylation sites is 1. The fraction of sp³-hybridized carbons (Fsp3) is 0.350. The molecule has 0 aromatic heterocycles. The van der Waals surface area contributed by atoms with E-state index in [-0.39, 0.29) is 23.6 Å². The van der Waals surface area contributed by atoms with Crippen LogP contribution >= 0.6 is 0 Å². The molecule has 0 unspecified atom stereocenters. The third-order valence-corrected chi connectivity index (χ3v) is 4.50. The molecule has 1 atom stereocenters. The molecule has 1 heterocycles. The van der Waals surface area contributed by atoms with E-state index in [0.717, 1.165) is 31.5 Å². The molecule has 1 aliphatic rings. The second-order valence-electron chi connectivity index (χ2n) is 6.36. The van der Waals surface area contributed by atoms with Gasteiger partial charge >= 0.3 is 0 Å². The van der Waals surface area contributed by atoms with E-state index in [1.807, 2.05) is 25.1 Å². The Morgan fingerprint density at radius 2 is 1.92 bits per heavy atom. The molecule has 2 aromatic rings. The molecule has 0 spiro atoms. The van der Waals surface area contributed by atoms with Crippen molar-refractivity contribution in [2.24, 2.45) is 5.92 Å². The molecule has 0 radical (unpaired) electrons. The average Bonchev–Trinajstić information content (AvgIpc) is 2.65. The van der Waals surface area contributed by atoms with Crippen molar-refractivity contribution < 1.29 is 13.9 Å². The Morgan fingerprint density at radius 3 is 2.60 bits per heavy atom. The number of carbonyl (C=O) groups is 1. The maximum absolute atomic E-state index is 14.3. The maximum atomic E-state index is 14.3. The zero-order chi connectivity index (χ0) is 17.6. The predicted molar refractivity (Wildman–Crippen MR) is 95.1 cm³/mol. The Kier molecular flexibility index (Phi) is 5.66. The van der Waals surface area contributed by atoms with Gasteiger partial charge in [0.2, 0.25) is 5.91 Å². The zero-order valence-corrected chi connectivity index (χ0v) is 14.3. The first-order valence-electron chi connectivity index (χ1n) is 8.67. The minimum Gasteiger partial charge on any atom is -0.454 e. The number of amides is 1. The van der Waals surface area contributed by atoms with Crippen LogP contribution in [0.3, 0.4) is 0 Å². The Balaban J connectivity index is 1.64. The van der Waals surface area contributed by atoms with Crippen LogP contribution < -0.4 is 15.4 Å². The highest BCUT2D eigenvalue weighted by atomic mass is 19.1. The van der Waals surface area contributed by atoms with Gasteiger partial charge in [-0.2, -0.15) is 0 Å². The van der Waals surface area contributed by atoms with Crippen LogP contribution in [-0.4, -0.2) is 19.0 Å². The zero-order valence-electron chi connectivity index (χ0n) is 14.3. The summed E-state index contributed by atoms with van der Waals surface area (Å²) in [4.78, 5) is 12.3. The first-order valence-corrected chi connectivity index (χ1v) is 8.67. The average molecular weight is 342 g/mol. The topological polar surface area (TPSA) is 50.4 Å². The van der Waals surface area contributed by atoms with Crippen molar-refractivity contribution >= 4 is 5.91 Å². The summed E-state index contributed by atoms with van der Waals surface area (Å²) in [6.07, 6.45) is 1.69. The van der Waals surface area contributed by atoms with Gasteiger partial charge in [-0.15, -0.1) is 0 Å². The van der Waals surface area contributed by atoms with Gasteiger partial charge in [0.15, 0.2) is 11.6 Å². The second kappa shape index (κ2) is 8.12. The summed E-state index contributed by atoms with van der Waals surface area (Å²) in [7, 11) is 0. The third kappa shape index (κ3) is 4.57. The fourth-order valence-electron chi connectivity index (χ4n) is 2.98. The Hall–Kier alpha value is -2.40. The van der Waals surface area contributed by atoms with Gasteiger partial charge < -0.3 is 15.4 Å². The predicted octanol–water partition coefficient (Wildman–Crippen LogP) is 3.79. The van der Waals surface area contributed by atoms with Gasteiger partial charge in [0.05, 0.1) is 6.04 Å². The highest BCUT2D eigenvalue weighted by Crippen LogP contribution is 2.27. The minimum atomic E-state index is -0.440. The van der Waals surface area contributed by atoms with Crippen molar-refractivity contribution in [3.05, 3.63) is 59.9 Å². The molecule has 4 nitrogen and oxygen atoms in total. The molecule has 1 fully saturated rings. The highest BCUT2D eigenvalue weighted by molar-refractivity contribution is 5.79. The van der Waals surface area contributed by atoms with Crippen LogP contribution in [0.15, 0.2) is 48.5 Å². The fourth-order valence-corrected chi connectivity index (χ4v) is 2.98. The molecule has 5 heteroatoms. The second-order valence-corrected chi connectivity index (χ2v) is 6.36. The largest absolute Gasteiger partial charge is 0.454 e. The monoisotopic (exact) mass is 342 g/mol. The van der Waals surface area contributed by atoms with Crippen molar-refractivity contribution in [3.63, 3.8) is 0 Å². The van der Waals surface area contributed by atoms with Gasteiger partial charge in [-0.25, -0.2) is 4.39 Å². The maximum Gasteiger partial charge on any atom is 0.223 e. The smallest absolute Gasteiger partial charge is 0.223 e. The number of hydrogen-bond acceptors (Lipinski definition) is 3. The van der Waals surface area contributed by atoms with Crippen molar-refractivity contribution in [3.8, 4) is 11.5 Å². The number of rotatable bonds is 5. The lowest BCUT2D eigenvalue weighted by molar-refractivity contribution is -0.126. The molecule has 1 amide bonds. The summed E-state index contributed by atoms with van der Waals surface area (Å²) in [6.45, 7) is 3.60. The van der Waals surface area contributed by atoms with E-state index in [2.05, 4.69) is 10.6 Å². The molecule has 25 heavy (non-hydrogen) atoms. The number of halogens is 1. The molecule has 3 rings (SSSR count). The van der Waals surface area contributed by atoms with Crippen LogP contribution in [0.5, 0.6) is 11.5 Å². The number of piperidine rings is 1. The van der Waals surface area contributed by atoms with Crippen molar-refractivity contribution in [1.82, 2.24) is 10.6 Å². The molecule has 0 bridgehead atoms. The number of carbonyl (C=O) groups excluding carboxylic acids is 1. The lowest BCUT2D eigenvalue weighted by Crippen LogP contribution is -2.39. The SMILES string of the molecule is C[C@@H](NC(=O)C1CCNCC1)c1ccc(Oc2ccccc2)c(F)c1. The van der Waals surface area contributed by atoms with Crippen molar-refractivity contribution in [1.29, 1.82) is 0 Å². The van der Waals surface area contributed by atoms with Gasteiger partial charge in [0.1, 0.15) is 5.75 Å². The lowest BCUT2D eigenvalue weighted by atomic mass is 9.96. The van der Waals surface area contributed by atoms with Gasteiger partial charge in [0.25, 0.3) is 0 Å². The molecule has 0 saturated carbocycles. The summed E-state index contributed by atoms with van der Waals surface area (Å²) in [5, 5.41) is 6.23. The molecular formula is C20H23FN2O2. The first-order chi connectivity index (χ1) is 12.1. The van der Waals surface area contributed by atoms with Crippen LogP contribution in [0.4, 0.5) is 4.39 Å². The Morgan fingerprint density at radius 1 is 1.20 bits per heavy atom. The molecule has 0 aliphatic carbocycles. The van der Waals surface area contributed by atoms with E-state index in [9.17, 15) is 9.18 Å². The highest BCUT2D eigenvalue weighted by Gasteiger charge is 2.22. The van der Waals surface area contributed by atoms with Gasteiger partial charge in [-0.3, -0.25) is 4.79 Å². The van der Waals surface area contributed by atoms with Gasteiger partial charge in [-0.05, 0) is 62.7 Å². The molecule has 1 saturated heterocycles. The van der Waals surface area contributed by atoms with Crippen molar-refractivity contribution in [2.75, 3.05) is 13.1 Å². The van der Waals surface area contributed by atoms with Crippen molar-refractivity contribution in [2.45, 2.75) is 25.8 Å². The van der Waals surface area contributed by atoms with Crippen LogP contribution in [-0.2, 0) is 4.79 Å². The summed E-state index contributed by atoms with van der Waals surface area (Å²) in [6, 6.07) is 13.7. The molecule has 2 aromatic carbocycles. The van der Waals surface area contributed by atoms with Crippen LogP contribution in [0.25, 0.3) is 0 Å². The van der Waals surface area contributed by atoms with E-state index in [0.29, 0.717) is 5.75 Å². The summed E-state index contributed by atoms with van der Waals surface area (Å²) in [5.74, 6) is 0.394. The standard InChI is InChI=1S/C20H23FN2O2/c1-14(23-20(24)15-9-11-22-12-10-15)16-7-8-19(18(21)13-16)25-17-5-3-2-4-6-17/h2-8,13-15,22H,9-12H2,1H3,(H,23,24)/t14-/m1/s1. The molecule has 1 aliphatic heterocycles. The molecule has 132 valence electrons. The lowest BCUT2D eigenvalue weighted by Gasteiger charge is -2.24. The van der Waals surface area contributed by atoms with E-state index in [1.165, 1.54) is 6.07 Å². The molecular weight excluding hydrogens is 319 g/mol. The van der Waals surface area contributed by atoms with Crippen LogP contribution in [0.1, 0.15) is 31.4 Å². The number of ether oxygens (including phenoxy) is 1. The normalized spacial score (nSPS) is 16.2. The van der Waals surface area contributed by atoms with E-state index in [4.69, 9.17) is 4.74 Å². The minimum absolute atomic E-state index is 0.0363. The third-order valence-electron chi connectivity index (χ3n) is 4.50.